The van der Waals surface area contributed by atoms with Gasteiger partial charge in [0.2, 0.25) is 10.0 Å². The molecule has 2 aromatic carbocycles. The number of nitrogens with zero attached hydrogens (tertiary/aromatic N) is 3. The third-order valence-electron chi connectivity index (χ3n) is 4.50. The van der Waals surface area contributed by atoms with Crippen LogP contribution in [-0.4, -0.2) is 63.2 Å². The van der Waals surface area contributed by atoms with Crippen molar-refractivity contribution >= 4 is 33.6 Å². The maximum atomic E-state index is 12.7. The molecule has 0 radical (unpaired) electrons. The molecule has 3 rings (SSSR count). The van der Waals surface area contributed by atoms with Gasteiger partial charge in [0.1, 0.15) is 5.69 Å². The van der Waals surface area contributed by atoms with Gasteiger partial charge < -0.3 is 9.47 Å². The largest absolute Gasteiger partial charge is 0.465 e. The molecule has 0 aliphatic carbocycles. The molecule has 0 aromatic heterocycles. The van der Waals surface area contributed by atoms with E-state index in [4.69, 9.17) is 4.74 Å². The Morgan fingerprint density at radius 1 is 1.23 bits per heavy atom. The first-order valence-corrected chi connectivity index (χ1v) is 10.6. The maximum absolute atomic E-state index is 12.7. The van der Waals surface area contributed by atoms with Crippen LogP contribution >= 0.6 is 0 Å². The highest BCUT2D eigenvalue weighted by molar-refractivity contribution is 7.89. The summed E-state index contributed by atoms with van der Waals surface area (Å²) in [5.74, 6) is -0.468. The van der Waals surface area contributed by atoms with E-state index in [1.54, 1.807) is 24.3 Å². The molecule has 0 atom stereocenters. The van der Waals surface area contributed by atoms with Crippen LogP contribution in [0.1, 0.15) is 15.9 Å². The van der Waals surface area contributed by atoms with E-state index in [1.165, 1.54) is 29.8 Å². The standard InChI is InChI=1S/C19H20N4O7S/c1-29-19(24)15-4-2-14(3-5-15)13-20-21-17-7-6-16(12-18(17)23(25)26)31(27,28)22-8-10-30-11-9-22/h2-7,12-13,21H,8-11H2,1H3/b20-13+. The SMILES string of the molecule is COC(=O)c1ccc(/C=N/Nc2ccc(S(=O)(=O)N3CCOCC3)cc2[N+](=O)[O-])cc1. The number of sulfonamides is 1. The summed E-state index contributed by atoms with van der Waals surface area (Å²) in [4.78, 5) is 22.1. The minimum absolute atomic E-state index is 0.0355. The van der Waals surface area contributed by atoms with E-state index < -0.39 is 26.6 Å². The first-order chi connectivity index (χ1) is 14.8. The normalized spacial score (nSPS) is 15.0. The lowest BCUT2D eigenvalue weighted by Gasteiger charge is -2.26. The van der Waals surface area contributed by atoms with Crippen molar-refractivity contribution < 1.29 is 27.6 Å². The Balaban J connectivity index is 1.78. The molecule has 0 bridgehead atoms. The molecule has 1 fully saturated rings. The van der Waals surface area contributed by atoms with Gasteiger partial charge in [-0.15, -0.1) is 0 Å². The molecule has 11 nitrogen and oxygen atoms in total. The van der Waals surface area contributed by atoms with Crippen LogP contribution in [0.4, 0.5) is 11.4 Å². The molecule has 1 aliphatic heterocycles. The molecule has 2 aromatic rings. The predicted molar refractivity (Wildman–Crippen MR) is 112 cm³/mol. The number of methoxy groups -OCH3 is 1. The van der Waals surface area contributed by atoms with Crippen molar-refractivity contribution in [3.63, 3.8) is 0 Å². The van der Waals surface area contributed by atoms with Crippen molar-refractivity contribution in [1.29, 1.82) is 0 Å². The third kappa shape index (κ3) is 5.23. The van der Waals surface area contributed by atoms with E-state index in [2.05, 4.69) is 15.3 Å². The molecule has 1 saturated heterocycles. The fourth-order valence-electron chi connectivity index (χ4n) is 2.85. The summed E-state index contributed by atoms with van der Waals surface area (Å²) in [5, 5.41) is 15.4. The Bertz CT molecular complexity index is 1090. The molecule has 0 saturated carbocycles. The summed E-state index contributed by atoms with van der Waals surface area (Å²) >= 11 is 0. The van der Waals surface area contributed by atoms with Gasteiger partial charge in [0.25, 0.3) is 5.69 Å². The molecule has 1 heterocycles. The average molecular weight is 448 g/mol. The van der Waals surface area contributed by atoms with E-state index in [-0.39, 0.29) is 36.9 Å². The Morgan fingerprint density at radius 3 is 2.52 bits per heavy atom. The van der Waals surface area contributed by atoms with Gasteiger partial charge in [-0.2, -0.15) is 9.41 Å². The number of rotatable bonds is 7. The molecule has 164 valence electrons. The highest BCUT2D eigenvalue weighted by Crippen LogP contribution is 2.29. The Hall–Kier alpha value is -3.35. The molecular weight excluding hydrogens is 428 g/mol. The lowest BCUT2D eigenvalue weighted by molar-refractivity contribution is -0.384. The summed E-state index contributed by atoms with van der Waals surface area (Å²) in [6.07, 6.45) is 1.41. The number of carbonyl (C=O) groups is 1. The Kier molecular flexibility index (Phi) is 6.95. The van der Waals surface area contributed by atoms with Crippen LogP contribution < -0.4 is 5.43 Å². The van der Waals surface area contributed by atoms with Gasteiger partial charge in [0, 0.05) is 19.2 Å². The van der Waals surface area contributed by atoms with Crippen molar-refractivity contribution in [2.75, 3.05) is 38.8 Å². The van der Waals surface area contributed by atoms with Crippen molar-refractivity contribution in [1.82, 2.24) is 4.31 Å². The monoisotopic (exact) mass is 448 g/mol. The van der Waals surface area contributed by atoms with Gasteiger partial charge >= 0.3 is 5.97 Å². The summed E-state index contributed by atoms with van der Waals surface area (Å²) < 4.78 is 36.5. The third-order valence-corrected chi connectivity index (χ3v) is 6.40. The Labute approximate surface area is 178 Å². The van der Waals surface area contributed by atoms with Crippen molar-refractivity contribution in [3.05, 3.63) is 63.7 Å². The van der Waals surface area contributed by atoms with Crippen LogP contribution in [0.25, 0.3) is 0 Å². The second-order valence-electron chi connectivity index (χ2n) is 6.44. The topological polar surface area (TPSA) is 140 Å². The lowest BCUT2D eigenvalue weighted by Crippen LogP contribution is -2.40. The minimum Gasteiger partial charge on any atom is -0.465 e. The number of morpholine rings is 1. The summed E-state index contributed by atoms with van der Waals surface area (Å²) in [6.45, 7) is 0.928. The van der Waals surface area contributed by atoms with E-state index in [1.807, 2.05) is 0 Å². The van der Waals surface area contributed by atoms with E-state index in [0.29, 0.717) is 11.1 Å². The molecular formula is C19H20N4O7S. The summed E-state index contributed by atoms with van der Waals surface area (Å²) in [7, 11) is -2.58. The zero-order chi connectivity index (χ0) is 22.4. The number of hydrazone groups is 1. The molecule has 31 heavy (non-hydrogen) atoms. The van der Waals surface area contributed by atoms with Gasteiger partial charge in [-0.05, 0) is 29.8 Å². The summed E-state index contributed by atoms with van der Waals surface area (Å²) in [5.41, 5.74) is 3.18. The summed E-state index contributed by atoms with van der Waals surface area (Å²) in [6, 6.07) is 9.97. The second kappa shape index (κ2) is 9.64. The van der Waals surface area contributed by atoms with Crippen LogP contribution in [-0.2, 0) is 19.5 Å². The molecule has 1 aliphatic rings. The van der Waals surface area contributed by atoms with Gasteiger partial charge in [0.15, 0.2) is 0 Å². The van der Waals surface area contributed by atoms with Crippen LogP contribution in [0.15, 0.2) is 52.5 Å². The number of carbonyl (C=O) groups excluding carboxylic acids is 1. The second-order valence-corrected chi connectivity index (χ2v) is 8.37. The first-order valence-electron chi connectivity index (χ1n) is 9.16. The fraction of sp³-hybridized carbons (Fsp3) is 0.263. The van der Waals surface area contributed by atoms with Gasteiger partial charge in [-0.25, -0.2) is 13.2 Å². The van der Waals surface area contributed by atoms with Gasteiger partial charge in [-0.3, -0.25) is 15.5 Å². The number of hydrogen-bond donors (Lipinski definition) is 1. The minimum atomic E-state index is -3.87. The zero-order valence-electron chi connectivity index (χ0n) is 16.6. The van der Waals surface area contributed by atoms with Crippen LogP contribution in [0, 0.1) is 10.1 Å². The van der Waals surface area contributed by atoms with E-state index >= 15 is 0 Å². The molecule has 0 amide bonds. The van der Waals surface area contributed by atoms with Crippen LogP contribution in [0.2, 0.25) is 0 Å². The van der Waals surface area contributed by atoms with Gasteiger partial charge in [-0.1, -0.05) is 12.1 Å². The number of esters is 1. The zero-order valence-corrected chi connectivity index (χ0v) is 17.4. The maximum Gasteiger partial charge on any atom is 0.337 e. The molecule has 0 spiro atoms. The number of hydrogen-bond acceptors (Lipinski definition) is 9. The smallest absolute Gasteiger partial charge is 0.337 e. The number of nitro benzene ring substituents is 1. The first kappa shape index (κ1) is 22.3. The predicted octanol–water partition coefficient (Wildman–Crippen LogP) is 1.85. The van der Waals surface area contributed by atoms with E-state index in [9.17, 15) is 23.3 Å². The number of ether oxygens (including phenoxy) is 2. The van der Waals surface area contributed by atoms with Crippen LogP contribution in [0.5, 0.6) is 0 Å². The highest BCUT2D eigenvalue weighted by atomic mass is 32.2. The number of nitrogens with one attached hydrogen (secondary N) is 1. The van der Waals surface area contributed by atoms with Crippen molar-refractivity contribution in [3.8, 4) is 0 Å². The molecule has 12 heteroatoms. The van der Waals surface area contributed by atoms with E-state index in [0.717, 1.165) is 6.07 Å². The van der Waals surface area contributed by atoms with Crippen molar-refractivity contribution in [2.45, 2.75) is 4.90 Å². The lowest BCUT2D eigenvalue weighted by atomic mass is 10.1. The van der Waals surface area contributed by atoms with Crippen LogP contribution in [0.3, 0.4) is 0 Å². The number of nitro groups is 1. The number of benzene rings is 2. The molecule has 1 N–H and O–H groups in total. The number of anilines is 1. The average Bonchev–Trinajstić information content (AvgIpc) is 2.79. The fourth-order valence-corrected chi connectivity index (χ4v) is 4.28. The Morgan fingerprint density at radius 2 is 1.90 bits per heavy atom. The molecule has 0 unspecified atom stereocenters. The highest BCUT2D eigenvalue weighted by Gasteiger charge is 2.28. The quantitative estimate of drug-likeness (QED) is 0.293. The van der Waals surface area contributed by atoms with Crippen molar-refractivity contribution in [2.24, 2.45) is 5.10 Å². The van der Waals surface area contributed by atoms with Gasteiger partial charge in [0.05, 0.1) is 41.9 Å².